The molecule has 3 rings (SSSR count). The van der Waals surface area contributed by atoms with Crippen LogP contribution in [-0.2, 0) is 17.8 Å². The summed E-state index contributed by atoms with van der Waals surface area (Å²) >= 11 is 0. The molecule has 0 aliphatic heterocycles. The molecule has 136 valence electrons. The quantitative estimate of drug-likeness (QED) is 0.662. The van der Waals surface area contributed by atoms with E-state index in [1.807, 2.05) is 36.5 Å². The smallest absolute Gasteiger partial charge is 0.221 e. The minimum absolute atomic E-state index is 0.0855. The zero-order valence-corrected chi connectivity index (χ0v) is 15.4. The van der Waals surface area contributed by atoms with Crippen LogP contribution >= 0.6 is 0 Å². The number of rotatable bonds is 8. The molecule has 1 aromatic heterocycles. The lowest BCUT2D eigenvalue weighted by atomic mass is 10.1. The first kappa shape index (κ1) is 18.1. The molecule has 0 fully saturated rings. The van der Waals surface area contributed by atoms with Crippen LogP contribution in [0.2, 0.25) is 0 Å². The first-order valence-corrected chi connectivity index (χ1v) is 9.12. The number of amides is 1. The van der Waals surface area contributed by atoms with Gasteiger partial charge in [-0.25, -0.2) is 0 Å². The van der Waals surface area contributed by atoms with E-state index < -0.39 is 0 Å². The third-order valence-electron chi connectivity index (χ3n) is 4.67. The summed E-state index contributed by atoms with van der Waals surface area (Å²) < 4.78 is 7.54. The number of para-hydroxylation sites is 1. The van der Waals surface area contributed by atoms with Crippen molar-refractivity contribution in [3.05, 3.63) is 66.4 Å². The van der Waals surface area contributed by atoms with E-state index >= 15 is 0 Å². The van der Waals surface area contributed by atoms with Crippen LogP contribution in [0.15, 0.2) is 60.8 Å². The van der Waals surface area contributed by atoms with E-state index in [-0.39, 0.29) is 11.9 Å². The molecule has 1 atom stereocenters. The molecule has 0 bridgehead atoms. The van der Waals surface area contributed by atoms with Crippen molar-refractivity contribution >= 4 is 16.8 Å². The number of aromatic nitrogens is 1. The number of carbonyl (C=O) groups is 1. The predicted molar refractivity (Wildman–Crippen MR) is 105 cm³/mol. The largest absolute Gasteiger partial charge is 0.495 e. The van der Waals surface area contributed by atoms with E-state index in [9.17, 15) is 4.79 Å². The Morgan fingerprint density at radius 3 is 2.69 bits per heavy atom. The lowest BCUT2D eigenvalue weighted by molar-refractivity contribution is -0.121. The molecule has 0 aliphatic rings. The van der Waals surface area contributed by atoms with Gasteiger partial charge in [0.1, 0.15) is 5.75 Å². The highest BCUT2D eigenvalue weighted by atomic mass is 16.5. The van der Waals surface area contributed by atoms with Crippen molar-refractivity contribution in [3.8, 4) is 5.75 Å². The number of aryl methyl sites for hydroxylation is 2. The summed E-state index contributed by atoms with van der Waals surface area (Å²) in [7, 11) is 1.67. The zero-order chi connectivity index (χ0) is 18.4. The molecule has 0 saturated heterocycles. The number of fused-ring (bicyclic) bond motifs is 1. The SMILES string of the molecule is COc1cccc2ccn(CCC(=O)N[C@@H](C)CCc3ccccc3)c12. The minimum atomic E-state index is 0.0855. The summed E-state index contributed by atoms with van der Waals surface area (Å²) in [6.07, 6.45) is 4.38. The second kappa shape index (κ2) is 8.56. The monoisotopic (exact) mass is 350 g/mol. The van der Waals surface area contributed by atoms with Gasteiger partial charge >= 0.3 is 0 Å². The lowest BCUT2D eigenvalue weighted by Gasteiger charge is -2.14. The van der Waals surface area contributed by atoms with Crippen LogP contribution in [0.25, 0.3) is 10.9 Å². The minimum Gasteiger partial charge on any atom is -0.495 e. The second-order valence-electron chi connectivity index (χ2n) is 6.65. The van der Waals surface area contributed by atoms with Gasteiger partial charge in [-0.2, -0.15) is 0 Å². The number of nitrogens with one attached hydrogen (secondary N) is 1. The van der Waals surface area contributed by atoms with Gasteiger partial charge < -0.3 is 14.6 Å². The molecule has 26 heavy (non-hydrogen) atoms. The number of ether oxygens (including phenoxy) is 1. The van der Waals surface area contributed by atoms with E-state index in [1.54, 1.807) is 7.11 Å². The molecule has 4 heteroatoms. The van der Waals surface area contributed by atoms with Gasteiger partial charge in [-0.15, -0.1) is 0 Å². The Balaban J connectivity index is 1.51. The molecule has 1 amide bonds. The normalized spacial score (nSPS) is 12.1. The van der Waals surface area contributed by atoms with Crippen molar-refractivity contribution in [2.75, 3.05) is 7.11 Å². The summed E-state index contributed by atoms with van der Waals surface area (Å²) in [5.74, 6) is 0.923. The van der Waals surface area contributed by atoms with E-state index in [0.29, 0.717) is 13.0 Å². The van der Waals surface area contributed by atoms with Gasteiger partial charge in [-0.1, -0.05) is 42.5 Å². The van der Waals surface area contributed by atoms with Crippen LogP contribution in [0.3, 0.4) is 0 Å². The fourth-order valence-corrected chi connectivity index (χ4v) is 3.25. The Hall–Kier alpha value is -2.75. The molecule has 4 nitrogen and oxygen atoms in total. The number of hydrogen-bond donors (Lipinski definition) is 1. The van der Waals surface area contributed by atoms with Gasteiger partial charge in [0, 0.05) is 30.6 Å². The summed E-state index contributed by atoms with van der Waals surface area (Å²) in [6.45, 7) is 2.70. The van der Waals surface area contributed by atoms with Gasteiger partial charge in [0.25, 0.3) is 0 Å². The average Bonchev–Trinajstić information content (AvgIpc) is 3.09. The third kappa shape index (κ3) is 4.45. The number of hydrogen-bond acceptors (Lipinski definition) is 2. The molecule has 0 spiro atoms. The maximum atomic E-state index is 12.3. The average molecular weight is 350 g/mol. The Labute approximate surface area is 154 Å². The molecule has 1 heterocycles. The molecular weight excluding hydrogens is 324 g/mol. The highest BCUT2D eigenvalue weighted by Crippen LogP contribution is 2.26. The second-order valence-corrected chi connectivity index (χ2v) is 6.65. The van der Waals surface area contributed by atoms with Crippen LogP contribution in [0.1, 0.15) is 25.3 Å². The van der Waals surface area contributed by atoms with Gasteiger partial charge in [0.2, 0.25) is 5.91 Å². The Bertz CT molecular complexity index is 855. The van der Waals surface area contributed by atoms with Gasteiger partial charge in [0.15, 0.2) is 0 Å². The van der Waals surface area contributed by atoms with Gasteiger partial charge in [-0.05, 0) is 37.5 Å². The van der Waals surface area contributed by atoms with Crippen LogP contribution in [0.5, 0.6) is 5.75 Å². The molecule has 0 unspecified atom stereocenters. The van der Waals surface area contributed by atoms with Crippen molar-refractivity contribution in [1.82, 2.24) is 9.88 Å². The summed E-state index contributed by atoms with van der Waals surface area (Å²) in [5.41, 5.74) is 2.35. The Kier molecular flexibility index (Phi) is 5.95. The fraction of sp³-hybridized carbons (Fsp3) is 0.318. The van der Waals surface area contributed by atoms with Crippen LogP contribution in [-0.4, -0.2) is 23.6 Å². The molecule has 3 aromatic rings. The predicted octanol–water partition coefficient (Wildman–Crippen LogP) is 4.18. The van der Waals surface area contributed by atoms with Crippen molar-refractivity contribution in [2.24, 2.45) is 0 Å². The highest BCUT2D eigenvalue weighted by Gasteiger charge is 2.11. The van der Waals surface area contributed by atoms with E-state index in [0.717, 1.165) is 29.5 Å². The molecule has 1 N–H and O–H groups in total. The number of benzene rings is 2. The van der Waals surface area contributed by atoms with Gasteiger partial charge in [0.05, 0.1) is 12.6 Å². The van der Waals surface area contributed by atoms with Crippen molar-refractivity contribution in [3.63, 3.8) is 0 Å². The highest BCUT2D eigenvalue weighted by molar-refractivity contribution is 5.86. The topological polar surface area (TPSA) is 43.3 Å². The van der Waals surface area contributed by atoms with Crippen LogP contribution < -0.4 is 10.1 Å². The Morgan fingerprint density at radius 2 is 1.92 bits per heavy atom. The summed E-state index contributed by atoms with van der Waals surface area (Å²) in [5, 5.41) is 4.23. The van der Waals surface area contributed by atoms with Crippen molar-refractivity contribution < 1.29 is 9.53 Å². The van der Waals surface area contributed by atoms with Crippen molar-refractivity contribution in [2.45, 2.75) is 38.8 Å². The van der Waals surface area contributed by atoms with Crippen molar-refractivity contribution in [1.29, 1.82) is 0 Å². The molecule has 0 radical (unpaired) electrons. The number of nitrogens with zero attached hydrogens (tertiary/aromatic N) is 1. The zero-order valence-electron chi connectivity index (χ0n) is 15.4. The first-order chi connectivity index (χ1) is 12.7. The maximum Gasteiger partial charge on any atom is 0.221 e. The first-order valence-electron chi connectivity index (χ1n) is 9.12. The van der Waals surface area contributed by atoms with E-state index in [2.05, 4.69) is 41.1 Å². The fourth-order valence-electron chi connectivity index (χ4n) is 3.25. The lowest BCUT2D eigenvalue weighted by Crippen LogP contribution is -2.33. The number of carbonyl (C=O) groups excluding carboxylic acids is 1. The number of methoxy groups -OCH3 is 1. The van der Waals surface area contributed by atoms with Gasteiger partial charge in [-0.3, -0.25) is 4.79 Å². The molecule has 0 aliphatic carbocycles. The molecule has 0 saturated carbocycles. The summed E-state index contributed by atoms with van der Waals surface area (Å²) in [6, 6.07) is 18.6. The van der Waals surface area contributed by atoms with E-state index in [4.69, 9.17) is 4.74 Å². The summed E-state index contributed by atoms with van der Waals surface area (Å²) in [4.78, 5) is 12.3. The maximum absolute atomic E-state index is 12.3. The molecular formula is C22H26N2O2. The van der Waals surface area contributed by atoms with Crippen LogP contribution in [0.4, 0.5) is 0 Å². The third-order valence-corrected chi connectivity index (χ3v) is 4.67. The van der Waals surface area contributed by atoms with E-state index in [1.165, 1.54) is 5.56 Å². The standard InChI is InChI=1S/C22H26N2O2/c1-17(11-12-18-7-4-3-5-8-18)23-21(25)14-16-24-15-13-19-9-6-10-20(26-2)22(19)24/h3-10,13,15,17H,11-12,14,16H2,1-2H3,(H,23,25)/t17-/m0/s1. The Morgan fingerprint density at radius 1 is 1.12 bits per heavy atom. The molecule has 2 aromatic carbocycles. The van der Waals surface area contributed by atoms with Crippen LogP contribution in [0, 0.1) is 0 Å².